The summed E-state index contributed by atoms with van der Waals surface area (Å²) in [6, 6.07) is 21.3. The third-order valence-corrected chi connectivity index (χ3v) is 7.22. The van der Waals surface area contributed by atoms with Crippen LogP contribution in [0, 0.1) is 20.8 Å². The predicted molar refractivity (Wildman–Crippen MR) is 173 cm³/mol. The molecular weight excluding hydrogens is 601 g/mol. The maximum absolute atomic E-state index is 12.6. The largest absolute Gasteiger partial charge is 0.496 e. The normalized spacial score (nSPS) is 10.5. The number of methoxy groups -OCH3 is 1. The molecule has 0 atom stereocenters. The zero-order valence-electron chi connectivity index (χ0n) is 26.3. The van der Waals surface area contributed by atoms with E-state index in [0.717, 1.165) is 34.0 Å². The molecule has 4 rings (SSSR count). The molecule has 0 saturated carbocycles. The lowest BCUT2D eigenvalue weighted by atomic mass is 10.1. The Morgan fingerprint density at radius 1 is 0.978 bits per heavy atom. The molecule has 45 heavy (non-hydrogen) atoms. The summed E-state index contributed by atoms with van der Waals surface area (Å²) < 4.78 is 42.9. The highest BCUT2D eigenvalue weighted by Crippen LogP contribution is 2.32. The van der Waals surface area contributed by atoms with Crippen LogP contribution in [0.15, 0.2) is 78.2 Å². The number of aryl methyl sites for hydroxylation is 3. The van der Waals surface area contributed by atoms with Crippen LogP contribution >= 0.6 is 11.3 Å². The van der Waals surface area contributed by atoms with Gasteiger partial charge in [0, 0.05) is 42.3 Å². The van der Waals surface area contributed by atoms with E-state index in [0.29, 0.717) is 43.8 Å². The molecule has 1 heterocycles. The number of hydrogen-bond acceptors (Lipinski definition) is 6. The summed E-state index contributed by atoms with van der Waals surface area (Å²) in [6.07, 6.45) is -3.06. The minimum atomic E-state index is -4.37. The van der Waals surface area contributed by atoms with Crippen LogP contribution < -0.4 is 15.4 Å². The monoisotopic (exact) mass is 642 g/mol. The smallest absolute Gasteiger partial charge is 0.416 e. The molecule has 0 fully saturated rings. The molecular formula is C34H41F3N4O3S. The van der Waals surface area contributed by atoms with Crippen LogP contribution in [0.4, 0.5) is 13.2 Å². The summed E-state index contributed by atoms with van der Waals surface area (Å²) in [6.45, 7) is 7.97. The van der Waals surface area contributed by atoms with Crippen LogP contribution in [0.5, 0.6) is 5.75 Å². The van der Waals surface area contributed by atoms with Crippen LogP contribution in [0.1, 0.15) is 49.7 Å². The van der Waals surface area contributed by atoms with E-state index in [-0.39, 0.29) is 12.5 Å². The quantitative estimate of drug-likeness (QED) is 0.137. The van der Waals surface area contributed by atoms with Crippen LogP contribution in [0.25, 0.3) is 0 Å². The van der Waals surface area contributed by atoms with Gasteiger partial charge < -0.3 is 20.3 Å². The van der Waals surface area contributed by atoms with Gasteiger partial charge >= 0.3 is 6.18 Å². The maximum atomic E-state index is 12.6. The fourth-order valence-corrected chi connectivity index (χ4v) is 4.80. The highest BCUT2D eigenvalue weighted by Gasteiger charge is 2.31. The Morgan fingerprint density at radius 2 is 1.69 bits per heavy atom. The molecule has 0 radical (unpaired) electrons. The molecule has 0 unspecified atom stereocenters. The van der Waals surface area contributed by atoms with Gasteiger partial charge in [-0.1, -0.05) is 53.6 Å². The number of nitrogens with one attached hydrogen (secondary N) is 2. The standard InChI is InChI=1S/C14H16N2OS.C13H17F3N2O2.C7H8/c1-10-5-4-6-12(7-10)14(17)16(3)8-13-15-11(2)9-18-13;1-20-12-4-3-11(13(14,15)16)7-10(12)8-17-5-2-6-18-9-19;1-7-5-3-2-4-6-7/h4-7,9H,8H2,1-3H3;3-4,7,9,17H,2,5-6,8H2,1H3,(H,18,19);2-6H,1H3. The van der Waals surface area contributed by atoms with E-state index in [1.807, 2.05) is 61.7 Å². The minimum Gasteiger partial charge on any atom is -0.496 e. The Morgan fingerprint density at radius 3 is 2.24 bits per heavy atom. The SMILES string of the molecule is COc1ccc(C(F)(F)F)cc1CNCCCNC=O.Cc1cccc(C(=O)N(C)Cc2nc(C)cs2)c1.Cc1ccccc1. The van der Waals surface area contributed by atoms with Gasteiger partial charge in [0.1, 0.15) is 10.8 Å². The summed E-state index contributed by atoms with van der Waals surface area (Å²) in [5.41, 5.74) is 3.91. The molecule has 2 N–H and O–H groups in total. The lowest BCUT2D eigenvalue weighted by Crippen LogP contribution is -2.26. The van der Waals surface area contributed by atoms with Gasteiger partial charge in [-0.25, -0.2) is 4.98 Å². The molecule has 0 saturated heterocycles. The van der Waals surface area contributed by atoms with Crippen LogP contribution in [-0.2, 0) is 24.1 Å². The number of ether oxygens (including phenoxy) is 1. The summed E-state index contributed by atoms with van der Waals surface area (Å²) in [4.78, 5) is 28.3. The second-order valence-electron chi connectivity index (χ2n) is 10.2. The van der Waals surface area contributed by atoms with Crippen LogP contribution in [-0.4, -0.2) is 49.4 Å². The lowest BCUT2D eigenvalue weighted by Gasteiger charge is -2.15. The number of carbonyl (C=O) groups is 2. The van der Waals surface area contributed by atoms with Gasteiger partial charge in [-0.15, -0.1) is 11.3 Å². The number of amides is 2. The molecule has 0 spiro atoms. The van der Waals surface area contributed by atoms with Crippen molar-refractivity contribution >= 4 is 23.7 Å². The summed E-state index contributed by atoms with van der Waals surface area (Å²) >= 11 is 1.59. The van der Waals surface area contributed by atoms with E-state index >= 15 is 0 Å². The average Bonchev–Trinajstić information content (AvgIpc) is 3.43. The minimum absolute atomic E-state index is 0.0338. The number of rotatable bonds is 11. The number of benzene rings is 3. The van der Waals surface area contributed by atoms with Gasteiger partial charge in [0.25, 0.3) is 5.91 Å². The number of hydrogen-bond donors (Lipinski definition) is 2. The molecule has 7 nitrogen and oxygen atoms in total. The molecule has 3 aromatic carbocycles. The van der Waals surface area contributed by atoms with E-state index in [4.69, 9.17) is 4.74 Å². The van der Waals surface area contributed by atoms with Crippen molar-refractivity contribution in [3.05, 3.63) is 117 Å². The van der Waals surface area contributed by atoms with Crippen molar-refractivity contribution in [2.24, 2.45) is 0 Å². The molecule has 0 aliphatic rings. The first kappa shape index (κ1) is 37.0. The van der Waals surface area contributed by atoms with E-state index in [1.54, 1.807) is 23.3 Å². The van der Waals surface area contributed by atoms with Crippen LogP contribution in [0.3, 0.4) is 0 Å². The molecule has 2 amide bonds. The Balaban J connectivity index is 0.000000259. The van der Waals surface area contributed by atoms with Gasteiger partial charge in [0.05, 0.1) is 19.2 Å². The van der Waals surface area contributed by atoms with Crippen molar-refractivity contribution in [3.8, 4) is 5.75 Å². The average molecular weight is 643 g/mol. The summed E-state index contributed by atoms with van der Waals surface area (Å²) in [7, 11) is 3.22. The zero-order chi connectivity index (χ0) is 33.2. The number of aromatic nitrogens is 1. The van der Waals surface area contributed by atoms with Crippen molar-refractivity contribution in [1.29, 1.82) is 0 Å². The Labute approximate surface area is 267 Å². The fourth-order valence-electron chi connectivity index (χ4n) is 3.97. The first-order chi connectivity index (χ1) is 21.4. The summed E-state index contributed by atoms with van der Waals surface area (Å²) in [5.74, 6) is 0.447. The fraction of sp³-hybridized carbons (Fsp3) is 0.324. The second kappa shape index (κ2) is 19.2. The third kappa shape index (κ3) is 14.0. The van der Waals surface area contributed by atoms with Crippen molar-refractivity contribution in [2.45, 2.75) is 46.5 Å². The lowest BCUT2D eigenvalue weighted by molar-refractivity contribution is -0.137. The van der Waals surface area contributed by atoms with E-state index in [9.17, 15) is 22.8 Å². The van der Waals surface area contributed by atoms with Crippen molar-refractivity contribution in [1.82, 2.24) is 20.5 Å². The first-order valence-corrected chi connectivity index (χ1v) is 15.2. The van der Waals surface area contributed by atoms with E-state index in [2.05, 4.69) is 34.7 Å². The van der Waals surface area contributed by atoms with Crippen LogP contribution in [0.2, 0.25) is 0 Å². The second-order valence-corrected chi connectivity index (χ2v) is 11.1. The summed E-state index contributed by atoms with van der Waals surface area (Å²) in [5, 5.41) is 8.48. The van der Waals surface area contributed by atoms with Gasteiger partial charge in [0.2, 0.25) is 6.41 Å². The molecule has 0 aliphatic carbocycles. The topological polar surface area (TPSA) is 83.6 Å². The van der Waals surface area contributed by atoms with Crippen molar-refractivity contribution in [2.75, 3.05) is 27.2 Å². The van der Waals surface area contributed by atoms with Crippen molar-refractivity contribution in [3.63, 3.8) is 0 Å². The highest BCUT2D eigenvalue weighted by molar-refractivity contribution is 7.09. The Hall–Kier alpha value is -4.22. The molecule has 242 valence electrons. The van der Waals surface area contributed by atoms with Gasteiger partial charge in [-0.2, -0.15) is 13.2 Å². The van der Waals surface area contributed by atoms with Crippen molar-refractivity contribution < 1.29 is 27.5 Å². The predicted octanol–water partition coefficient (Wildman–Crippen LogP) is 6.97. The maximum Gasteiger partial charge on any atom is 0.416 e. The van der Waals surface area contributed by atoms with Gasteiger partial charge in [-0.05, 0) is 64.1 Å². The first-order valence-electron chi connectivity index (χ1n) is 14.3. The molecule has 0 aliphatic heterocycles. The van der Waals surface area contributed by atoms with E-state index < -0.39 is 11.7 Å². The highest BCUT2D eigenvalue weighted by atomic mass is 32.1. The Kier molecular flexibility index (Phi) is 15.8. The number of carbonyl (C=O) groups excluding carboxylic acids is 2. The molecule has 0 bridgehead atoms. The Bertz CT molecular complexity index is 1460. The number of alkyl halides is 3. The van der Waals surface area contributed by atoms with Gasteiger partial charge in [-0.3, -0.25) is 9.59 Å². The van der Waals surface area contributed by atoms with E-state index in [1.165, 1.54) is 18.7 Å². The molecule has 4 aromatic rings. The number of halogens is 3. The third-order valence-electron chi connectivity index (χ3n) is 6.27. The molecule has 11 heteroatoms. The molecule has 1 aromatic heterocycles. The zero-order valence-corrected chi connectivity index (χ0v) is 27.1. The number of thiazole rings is 1. The number of nitrogens with zero attached hydrogens (tertiary/aromatic N) is 2. The van der Waals surface area contributed by atoms with Gasteiger partial charge in [0.15, 0.2) is 0 Å².